The van der Waals surface area contributed by atoms with E-state index in [9.17, 15) is 25.2 Å². The highest BCUT2D eigenvalue weighted by Crippen LogP contribution is 2.35. The van der Waals surface area contributed by atoms with Gasteiger partial charge in [-0.2, -0.15) is 0 Å². The maximum Gasteiger partial charge on any atom is 0.314 e. The van der Waals surface area contributed by atoms with Gasteiger partial charge in [-0.25, -0.2) is 0 Å². The molecule has 6 atom stereocenters. The van der Waals surface area contributed by atoms with Crippen molar-refractivity contribution < 1.29 is 26.6 Å². The Hall–Kier alpha value is -1.07. The minimum absolute atomic E-state index is 0.0237. The van der Waals surface area contributed by atoms with Crippen LogP contribution in [0, 0.1) is 17.8 Å². The van der Waals surface area contributed by atoms with Gasteiger partial charge < -0.3 is 20.4 Å². The lowest BCUT2D eigenvalue weighted by molar-refractivity contribution is -0.144. The number of hydrogen-bond donors (Lipinski definition) is 4. The number of aliphatic hydroxyl groups is 3. The van der Waals surface area contributed by atoms with Crippen molar-refractivity contribution >= 4 is 5.97 Å². The van der Waals surface area contributed by atoms with Gasteiger partial charge >= 0.3 is 5.97 Å². The second-order valence-corrected chi connectivity index (χ2v) is 6.08. The van der Waals surface area contributed by atoms with Gasteiger partial charge in [-0.1, -0.05) is 33.1 Å². The van der Waals surface area contributed by atoms with Crippen LogP contribution in [0.4, 0.5) is 0 Å². The molecule has 0 amide bonds. The highest BCUT2D eigenvalue weighted by molar-refractivity contribution is 5.73. The molecule has 0 aromatic heterocycles. The van der Waals surface area contributed by atoms with Gasteiger partial charge in [-0.3, -0.25) is 4.79 Å². The molecule has 1 saturated carbocycles. The first-order chi connectivity index (χ1) is 10.3. The highest BCUT2D eigenvalue weighted by Gasteiger charge is 2.42. The van der Waals surface area contributed by atoms with Crippen molar-refractivity contribution in [1.29, 1.82) is 0 Å². The number of aliphatic carboxylic acids is 1. The Morgan fingerprint density at radius 2 is 2.05 bits per heavy atom. The van der Waals surface area contributed by atoms with E-state index in [1.807, 2.05) is 6.92 Å². The summed E-state index contributed by atoms with van der Waals surface area (Å²) >= 11 is 0. The van der Waals surface area contributed by atoms with Crippen molar-refractivity contribution in [3.8, 4) is 0 Å². The molecule has 0 spiro atoms. The Kier molecular flexibility index (Phi) is 6.51. The number of unbranched alkanes of at least 4 members (excludes halogenated alkanes) is 1. The van der Waals surface area contributed by atoms with Crippen LogP contribution in [-0.2, 0) is 4.79 Å². The lowest BCUT2D eigenvalue weighted by Crippen LogP contribution is -2.30. The topological polar surface area (TPSA) is 98.0 Å². The van der Waals surface area contributed by atoms with Gasteiger partial charge in [-0.15, -0.1) is 0 Å². The average molecular weight is 301 g/mol. The molecule has 1 aliphatic carbocycles. The lowest BCUT2D eigenvalue weighted by atomic mass is 9.86. The number of aliphatic hydroxyl groups excluding tert-OH is 3. The molecule has 1 aliphatic rings. The van der Waals surface area contributed by atoms with E-state index in [0.29, 0.717) is 0 Å². The Labute approximate surface area is 127 Å². The van der Waals surface area contributed by atoms with Crippen LogP contribution in [0.3, 0.4) is 0 Å². The van der Waals surface area contributed by atoms with Gasteiger partial charge in [0.1, 0.15) is 11.7 Å². The molecule has 0 aromatic carbocycles. The molecular formula is C16H28O5. The number of rotatable bonds is 8. The molecule has 122 valence electrons. The van der Waals surface area contributed by atoms with E-state index in [-0.39, 0.29) is 24.5 Å². The van der Waals surface area contributed by atoms with Gasteiger partial charge in [0.05, 0.1) is 12.2 Å². The first kappa shape index (κ1) is 16.3. The summed E-state index contributed by atoms with van der Waals surface area (Å²) in [5, 5.41) is 38.9. The highest BCUT2D eigenvalue weighted by atomic mass is 16.4. The van der Waals surface area contributed by atoms with E-state index < -0.39 is 36.4 Å². The Bertz CT molecular complexity index is 398. The quantitative estimate of drug-likeness (QED) is 0.516. The number of hydrogen-bond acceptors (Lipinski definition) is 4. The minimum Gasteiger partial charge on any atom is -0.512 e. The molecule has 5 heteroatoms. The molecule has 1 rings (SSSR count). The molecule has 0 saturated heterocycles. The number of carboxylic acid groups (broad SMARTS) is 1. The molecule has 4 N–H and O–H groups in total. The third-order valence-electron chi connectivity index (χ3n) is 4.17. The molecule has 21 heavy (non-hydrogen) atoms. The summed E-state index contributed by atoms with van der Waals surface area (Å²) in [5.41, 5.74) is 0. The lowest BCUT2D eigenvalue weighted by Gasteiger charge is -2.22. The smallest absolute Gasteiger partial charge is 0.314 e. The molecule has 5 nitrogen and oxygen atoms in total. The monoisotopic (exact) mass is 301 g/mol. The standard InChI is InChI=1S/C16H28O5/c1-3-4-5-10(2)6-7-13(18)15(16(20)21)12-8-11(17)9-14(12)19/h7,10-12,14-15,17-19H,3-6,8-9H2,1-2H3,(H,20,21)/t10?,11-,12-,14-,15-/m1/s1/i6D/t6-,10?,11+,12+,14+,15+/m0. The zero-order valence-electron chi connectivity index (χ0n) is 13.8. The molecule has 1 fully saturated rings. The molecule has 0 heterocycles. The maximum atomic E-state index is 11.4. The van der Waals surface area contributed by atoms with Crippen LogP contribution in [0.5, 0.6) is 0 Å². The molecule has 0 aliphatic heterocycles. The summed E-state index contributed by atoms with van der Waals surface area (Å²) in [6.45, 7) is 3.97. The number of carbonyl (C=O) groups is 1. The van der Waals surface area contributed by atoms with Crippen LogP contribution in [0.15, 0.2) is 11.8 Å². The number of carboxylic acids is 1. The summed E-state index contributed by atoms with van der Waals surface area (Å²) in [6, 6.07) is 0. The van der Waals surface area contributed by atoms with E-state index in [1.54, 1.807) is 0 Å². The van der Waals surface area contributed by atoms with E-state index in [2.05, 4.69) is 6.92 Å². The van der Waals surface area contributed by atoms with Gasteiger partial charge in [0.15, 0.2) is 0 Å². The van der Waals surface area contributed by atoms with Crippen molar-refractivity contribution in [2.75, 3.05) is 0 Å². The van der Waals surface area contributed by atoms with Gasteiger partial charge in [0, 0.05) is 7.29 Å². The summed E-state index contributed by atoms with van der Waals surface area (Å²) < 4.78 is 8.04. The molecular weight excluding hydrogens is 272 g/mol. The molecule has 0 radical (unpaired) electrons. The first-order valence-corrected chi connectivity index (χ1v) is 7.69. The fourth-order valence-electron chi connectivity index (χ4n) is 2.90. The summed E-state index contributed by atoms with van der Waals surface area (Å²) in [5.74, 6) is -3.58. The van der Waals surface area contributed by atoms with Gasteiger partial charge in [0.2, 0.25) is 0 Å². The van der Waals surface area contributed by atoms with E-state index >= 15 is 0 Å². The SMILES string of the molecule is [2H][C@@H](C=C(O)[C@H](C(=O)O)[C@@H]1C[C@@H](O)C[C@H]1O)C(C)CCCC. The zero-order chi connectivity index (χ0) is 16.9. The second-order valence-electron chi connectivity index (χ2n) is 6.08. The van der Waals surface area contributed by atoms with Crippen LogP contribution in [0.1, 0.15) is 53.7 Å². The van der Waals surface area contributed by atoms with E-state index in [4.69, 9.17) is 1.37 Å². The van der Waals surface area contributed by atoms with E-state index in [0.717, 1.165) is 19.3 Å². The third kappa shape index (κ3) is 5.32. The summed E-state index contributed by atoms with van der Waals surface area (Å²) in [6.07, 6.45) is 2.02. The maximum absolute atomic E-state index is 11.4. The predicted octanol–water partition coefficient (Wildman–Crippen LogP) is 2.48. The van der Waals surface area contributed by atoms with Crippen molar-refractivity contribution in [3.63, 3.8) is 0 Å². The summed E-state index contributed by atoms with van der Waals surface area (Å²) in [7, 11) is 0. The van der Waals surface area contributed by atoms with Crippen molar-refractivity contribution in [3.05, 3.63) is 11.8 Å². The number of allylic oxidation sites excluding steroid dienone is 1. The van der Waals surface area contributed by atoms with Crippen LogP contribution in [0.25, 0.3) is 0 Å². The van der Waals surface area contributed by atoms with Crippen LogP contribution in [-0.4, -0.2) is 38.6 Å². The normalized spacial score (nSPS) is 31.5. The Morgan fingerprint density at radius 3 is 2.52 bits per heavy atom. The fourth-order valence-corrected chi connectivity index (χ4v) is 2.90. The predicted molar refractivity (Wildman–Crippen MR) is 79.9 cm³/mol. The van der Waals surface area contributed by atoms with E-state index in [1.165, 1.54) is 6.08 Å². The Morgan fingerprint density at radius 1 is 1.38 bits per heavy atom. The molecule has 0 bridgehead atoms. The fraction of sp³-hybridized carbons (Fsp3) is 0.812. The largest absolute Gasteiger partial charge is 0.512 e. The Balaban J connectivity index is 2.82. The third-order valence-corrected chi connectivity index (χ3v) is 4.17. The second kappa shape index (κ2) is 8.39. The zero-order valence-corrected chi connectivity index (χ0v) is 12.8. The van der Waals surface area contributed by atoms with Crippen molar-refractivity contribution in [2.24, 2.45) is 17.8 Å². The average Bonchev–Trinajstić information content (AvgIpc) is 2.74. The molecule has 0 aromatic rings. The van der Waals surface area contributed by atoms with Crippen molar-refractivity contribution in [1.82, 2.24) is 0 Å². The summed E-state index contributed by atoms with van der Waals surface area (Å²) in [4.78, 5) is 11.4. The van der Waals surface area contributed by atoms with Crippen molar-refractivity contribution in [2.45, 2.75) is 64.6 Å². The van der Waals surface area contributed by atoms with Gasteiger partial charge in [-0.05, 0) is 31.2 Å². The van der Waals surface area contributed by atoms with Crippen LogP contribution < -0.4 is 0 Å². The first-order valence-electron chi connectivity index (χ1n) is 8.27. The minimum atomic E-state index is -1.27. The molecule has 1 unspecified atom stereocenters. The van der Waals surface area contributed by atoms with Gasteiger partial charge in [0.25, 0.3) is 0 Å². The van der Waals surface area contributed by atoms with Crippen LogP contribution in [0.2, 0.25) is 0 Å². The van der Waals surface area contributed by atoms with Crippen LogP contribution >= 0.6 is 0 Å².